The molecule has 1 nitrogen and oxygen atoms in total. The van der Waals surface area contributed by atoms with Gasteiger partial charge in [-0.1, -0.05) is 34.0 Å². The highest BCUT2D eigenvalue weighted by Gasteiger charge is 2.28. The third-order valence-electron chi connectivity index (χ3n) is 3.23. The molecule has 0 saturated heterocycles. The fraction of sp³-hybridized carbons (Fsp3) is 0.500. The van der Waals surface area contributed by atoms with Crippen LogP contribution in [-0.2, 0) is 0 Å². The zero-order valence-corrected chi connectivity index (χ0v) is 11.1. The highest BCUT2D eigenvalue weighted by atomic mass is 79.9. The molecule has 1 atom stereocenters. The second kappa shape index (κ2) is 4.86. The predicted molar refractivity (Wildman–Crippen MR) is 68.3 cm³/mol. The van der Waals surface area contributed by atoms with Crippen molar-refractivity contribution in [3.05, 3.63) is 33.3 Å². The van der Waals surface area contributed by atoms with Crippen LogP contribution in [0.4, 0.5) is 0 Å². The van der Waals surface area contributed by atoms with Crippen molar-refractivity contribution in [3.8, 4) is 0 Å². The molecule has 1 aliphatic rings. The Balaban J connectivity index is 2.28. The molecule has 1 aliphatic carbocycles. The quantitative estimate of drug-likeness (QED) is 0.880. The third kappa shape index (κ3) is 2.38. The lowest BCUT2D eigenvalue weighted by atomic mass is 9.77. The van der Waals surface area contributed by atoms with E-state index in [1.54, 1.807) is 0 Å². The number of nitrogens with one attached hydrogen (secondary N) is 1. The van der Waals surface area contributed by atoms with E-state index in [1.165, 1.54) is 24.8 Å². The van der Waals surface area contributed by atoms with Crippen LogP contribution >= 0.6 is 27.5 Å². The maximum Gasteiger partial charge on any atom is 0.0410 e. The molecular formula is C12H15BrClN. The van der Waals surface area contributed by atoms with Crippen molar-refractivity contribution in [1.82, 2.24) is 5.32 Å². The Morgan fingerprint density at radius 2 is 2.20 bits per heavy atom. The van der Waals surface area contributed by atoms with Crippen molar-refractivity contribution >= 4 is 27.5 Å². The lowest BCUT2D eigenvalue weighted by molar-refractivity contribution is 0.239. The average molecular weight is 289 g/mol. The molecule has 15 heavy (non-hydrogen) atoms. The highest BCUT2D eigenvalue weighted by molar-refractivity contribution is 9.10. The van der Waals surface area contributed by atoms with Crippen molar-refractivity contribution in [2.24, 2.45) is 5.92 Å². The van der Waals surface area contributed by atoms with Crippen LogP contribution in [0.3, 0.4) is 0 Å². The largest absolute Gasteiger partial charge is 0.313 e. The van der Waals surface area contributed by atoms with E-state index in [0.29, 0.717) is 6.04 Å². The van der Waals surface area contributed by atoms with E-state index >= 15 is 0 Å². The monoisotopic (exact) mass is 287 g/mol. The van der Waals surface area contributed by atoms with Crippen molar-refractivity contribution in [2.45, 2.75) is 25.3 Å². The number of benzene rings is 1. The summed E-state index contributed by atoms with van der Waals surface area (Å²) in [6, 6.07) is 6.45. The zero-order chi connectivity index (χ0) is 10.8. The Morgan fingerprint density at radius 1 is 1.47 bits per heavy atom. The summed E-state index contributed by atoms with van der Waals surface area (Å²) in [7, 11) is 2.02. The summed E-state index contributed by atoms with van der Waals surface area (Å²) in [5, 5.41) is 4.21. The first kappa shape index (κ1) is 11.4. The van der Waals surface area contributed by atoms with Gasteiger partial charge in [0.05, 0.1) is 0 Å². The Hall–Kier alpha value is -0.0500. The third-order valence-corrected chi connectivity index (χ3v) is 4.18. The Labute approximate surface area is 104 Å². The van der Waals surface area contributed by atoms with Gasteiger partial charge in [-0.3, -0.25) is 0 Å². The first-order chi connectivity index (χ1) is 7.22. The lowest BCUT2D eigenvalue weighted by Gasteiger charge is -2.34. The molecule has 1 N–H and O–H groups in total. The predicted octanol–water partition coefficient (Wildman–Crippen LogP) is 4.16. The normalized spacial score (nSPS) is 18.6. The molecule has 1 saturated carbocycles. The van der Waals surface area contributed by atoms with Crippen LogP contribution < -0.4 is 5.32 Å². The van der Waals surface area contributed by atoms with Crippen LogP contribution in [0.1, 0.15) is 30.9 Å². The summed E-state index contributed by atoms with van der Waals surface area (Å²) in [6.45, 7) is 0. The fourth-order valence-electron chi connectivity index (χ4n) is 2.17. The minimum Gasteiger partial charge on any atom is -0.313 e. The Kier molecular flexibility index (Phi) is 3.70. The number of hydrogen-bond donors (Lipinski definition) is 1. The summed E-state index contributed by atoms with van der Waals surface area (Å²) in [6.07, 6.45) is 4.01. The van der Waals surface area contributed by atoms with Gasteiger partial charge in [-0.15, -0.1) is 0 Å². The molecule has 1 unspecified atom stereocenters. The Morgan fingerprint density at radius 3 is 2.73 bits per heavy atom. The van der Waals surface area contributed by atoms with E-state index in [4.69, 9.17) is 11.6 Å². The lowest BCUT2D eigenvalue weighted by Crippen LogP contribution is -2.30. The molecule has 0 aromatic heterocycles. The van der Waals surface area contributed by atoms with E-state index in [2.05, 4.69) is 27.3 Å². The van der Waals surface area contributed by atoms with E-state index in [0.717, 1.165) is 15.4 Å². The van der Waals surface area contributed by atoms with Crippen molar-refractivity contribution in [2.75, 3.05) is 7.05 Å². The first-order valence-corrected chi connectivity index (χ1v) is 6.51. The minimum absolute atomic E-state index is 0.437. The van der Waals surface area contributed by atoms with Gasteiger partial charge in [-0.2, -0.15) is 0 Å². The Bertz CT molecular complexity index is 349. The highest BCUT2D eigenvalue weighted by Crippen LogP contribution is 2.40. The standard InChI is InChI=1S/C12H15BrClN/c1-15-12(8-3-2-4-8)10-7-9(14)5-6-11(10)13/h5-8,12,15H,2-4H2,1H3. The van der Waals surface area contributed by atoms with Gasteiger partial charge in [-0.25, -0.2) is 0 Å². The molecule has 0 heterocycles. The smallest absolute Gasteiger partial charge is 0.0410 e. The molecule has 0 aliphatic heterocycles. The molecule has 1 aromatic carbocycles. The summed E-state index contributed by atoms with van der Waals surface area (Å²) >= 11 is 9.63. The average Bonchev–Trinajstić information content (AvgIpc) is 2.15. The van der Waals surface area contributed by atoms with Crippen LogP contribution in [0.15, 0.2) is 22.7 Å². The van der Waals surface area contributed by atoms with E-state index in [9.17, 15) is 0 Å². The van der Waals surface area contributed by atoms with E-state index < -0.39 is 0 Å². The van der Waals surface area contributed by atoms with Crippen LogP contribution in [0.5, 0.6) is 0 Å². The van der Waals surface area contributed by atoms with Crippen molar-refractivity contribution in [1.29, 1.82) is 0 Å². The first-order valence-electron chi connectivity index (χ1n) is 5.34. The molecule has 3 heteroatoms. The van der Waals surface area contributed by atoms with Gasteiger partial charge < -0.3 is 5.32 Å². The molecule has 2 rings (SSSR count). The number of halogens is 2. The van der Waals surface area contributed by atoms with Gasteiger partial charge in [-0.05, 0) is 49.6 Å². The van der Waals surface area contributed by atoms with Gasteiger partial charge in [0.25, 0.3) is 0 Å². The number of hydrogen-bond acceptors (Lipinski definition) is 1. The second-order valence-electron chi connectivity index (χ2n) is 4.12. The topological polar surface area (TPSA) is 12.0 Å². The molecule has 0 bridgehead atoms. The van der Waals surface area contributed by atoms with Crippen LogP contribution in [0.25, 0.3) is 0 Å². The molecule has 0 radical (unpaired) electrons. The number of rotatable bonds is 3. The van der Waals surface area contributed by atoms with Crippen molar-refractivity contribution < 1.29 is 0 Å². The fourth-order valence-corrected chi connectivity index (χ4v) is 2.85. The minimum atomic E-state index is 0.437. The van der Waals surface area contributed by atoms with E-state index in [1.807, 2.05) is 19.2 Å². The zero-order valence-electron chi connectivity index (χ0n) is 8.76. The maximum atomic E-state index is 6.04. The summed E-state index contributed by atoms with van der Waals surface area (Å²) in [5.74, 6) is 0.768. The van der Waals surface area contributed by atoms with Gasteiger partial charge in [0.1, 0.15) is 0 Å². The summed E-state index contributed by atoms with van der Waals surface area (Å²) < 4.78 is 1.15. The molecule has 0 amide bonds. The van der Waals surface area contributed by atoms with E-state index in [-0.39, 0.29) is 0 Å². The second-order valence-corrected chi connectivity index (χ2v) is 5.41. The van der Waals surface area contributed by atoms with Gasteiger partial charge in [0, 0.05) is 15.5 Å². The molecule has 0 spiro atoms. The van der Waals surface area contributed by atoms with Gasteiger partial charge in [0.15, 0.2) is 0 Å². The van der Waals surface area contributed by atoms with Crippen LogP contribution in [-0.4, -0.2) is 7.05 Å². The molecular weight excluding hydrogens is 273 g/mol. The van der Waals surface area contributed by atoms with Crippen molar-refractivity contribution in [3.63, 3.8) is 0 Å². The van der Waals surface area contributed by atoms with Gasteiger partial charge >= 0.3 is 0 Å². The summed E-state index contributed by atoms with van der Waals surface area (Å²) in [4.78, 5) is 0. The molecule has 1 fully saturated rings. The van der Waals surface area contributed by atoms with Gasteiger partial charge in [0.2, 0.25) is 0 Å². The molecule has 82 valence electrons. The SMILES string of the molecule is CNC(c1cc(Cl)ccc1Br)C1CCC1. The van der Waals surface area contributed by atoms with Crippen LogP contribution in [0.2, 0.25) is 5.02 Å². The summed E-state index contributed by atoms with van der Waals surface area (Å²) in [5.41, 5.74) is 1.29. The molecule has 1 aromatic rings. The van der Waals surface area contributed by atoms with Crippen LogP contribution in [0, 0.1) is 5.92 Å². The maximum absolute atomic E-state index is 6.04.